The normalized spacial score (nSPS) is 37.5. The number of amides is 1. The van der Waals surface area contributed by atoms with E-state index in [-0.39, 0.29) is 6.54 Å². The van der Waals surface area contributed by atoms with E-state index < -0.39 is 37.2 Å². The molecule has 0 bridgehead atoms. The van der Waals surface area contributed by atoms with Gasteiger partial charge < -0.3 is 30.7 Å². The fraction of sp³-hybridized carbons (Fsp3) is 0.700. The van der Waals surface area contributed by atoms with Gasteiger partial charge in [0.05, 0.1) is 12.6 Å². The van der Waals surface area contributed by atoms with Crippen LogP contribution in [0.5, 0.6) is 0 Å². The molecule has 1 rings (SSSR count). The highest BCUT2D eigenvalue weighted by atomic mass is 16.5. The highest BCUT2D eigenvalue weighted by molar-refractivity contribution is 5.48. The summed E-state index contributed by atoms with van der Waals surface area (Å²) in [6, 6.07) is -0.946. The molecular weight excluding hydrogens is 228 g/mol. The predicted molar refractivity (Wildman–Crippen MR) is 58.7 cm³/mol. The van der Waals surface area contributed by atoms with E-state index in [4.69, 9.17) is 15.6 Å². The molecule has 98 valence electrons. The second-order valence-electron chi connectivity index (χ2n) is 3.90. The highest BCUT2D eigenvalue weighted by Gasteiger charge is 2.44. The number of nitrogens with zero attached hydrogens (tertiary/aromatic N) is 1. The van der Waals surface area contributed by atoms with Crippen LogP contribution < -0.4 is 5.73 Å². The van der Waals surface area contributed by atoms with Gasteiger partial charge in [-0.15, -0.1) is 6.58 Å². The molecule has 0 aromatic carbocycles. The maximum atomic E-state index is 10.9. The van der Waals surface area contributed by atoms with E-state index in [2.05, 4.69) is 6.58 Å². The maximum absolute atomic E-state index is 10.9. The zero-order chi connectivity index (χ0) is 13.0. The molecule has 7 nitrogen and oxygen atoms in total. The molecule has 5 atom stereocenters. The summed E-state index contributed by atoms with van der Waals surface area (Å²) in [4.78, 5) is 12.1. The first-order valence-corrected chi connectivity index (χ1v) is 5.26. The lowest BCUT2D eigenvalue weighted by atomic mass is 9.96. The molecule has 1 aliphatic rings. The van der Waals surface area contributed by atoms with Gasteiger partial charge in [0.25, 0.3) is 0 Å². The number of hydrogen-bond donors (Lipinski definition) is 4. The fourth-order valence-corrected chi connectivity index (χ4v) is 1.77. The van der Waals surface area contributed by atoms with Crippen LogP contribution in [0.1, 0.15) is 0 Å². The lowest BCUT2D eigenvalue weighted by molar-refractivity contribution is -0.221. The number of ether oxygens (including phenoxy) is 1. The Bertz CT molecular complexity index is 273. The smallest absolute Gasteiger partial charge is 0.212 e. The average molecular weight is 246 g/mol. The molecule has 1 amide bonds. The molecule has 0 aliphatic carbocycles. The largest absolute Gasteiger partial charge is 0.394 e. The molecule has 5 unspecified atom stereocenters. The Labute approximate surface area is 99.1 Å². The zero-order valence-electron chi connectivity index (χ0n) is 9.35. The van der Waals surface area contributed by atoms with E-state index in [1.807, 2.05) is 0 Å². The monoisotopic (exact) mass is 246 g/mol. The van der Waals surface area contributed by atoms with Crippen molar-refractivity contribution >= 4 is 6.41 Å². The van der Waals surface area contributed by atoms with Gasteiger partial charge in [-0.2, -0.15) is 0 Å². The Hall–Kier alpha value is -0.990. The summed E-state index contributed by atoms with van der Waals surface area (Å²) in [7, 11) is 0. The number of aliphatic hydroxyl groups excluding tert-OH is 3. The van der Waals surface area contributed by atoms with Crippen molar-refractivity contribution in [1.29, 1.82) is 0 Å². The number of rotatable bonds is 5. The highest BCUT2D eigenvalue weighted by Crippen LogP contribution is 2.21. The summed E-state index contributed by atoms with van der Waals surface area (Å²) in [6.07, 6.45) is -2.41. The van der Waals surface area contributed by atoms with Gasteiger partial charge in [0.2, 0.25) is 6.41 Å². The number of aliphatic hydroxyl groups is 3. The van der Waals surface area contributed by atoms with Crippen molar-refractivity contribution in [2.75, 3.05) is 13.2 Å². The molecule has 5 N–H and O–H groups in total. The summed E-state index contributed by atoms with van der Waals surface area (Å²) in [6.45, 7) is 3.21. The number of nitrogens with two attached hydrogens (primary N) is 1. The van der Waals surface area contributed by atoms with Crippen LogP contribution in [0, 0.1) is 0 Å². The Kier molecular flexibility index (Phi) is 5.03. The topological polar surface area (TPSA) is 116 Å². The molecule has 1 saturated heterocycles. The summed E-state index contributed by atoms with van der Waals surface area (Å²) in [5.74, 6) is 0. The summed E-state index contributed by atoms with van der Waals surface area (Å²) in [5.41, 5.74) is 5.69. The first-order chi connectivity index (χ1) is 8.06. The van der Waals surface area contributed by atoms with Gasteiger partial charge in [0.15, 0.2) is 6.23 Å². The molecule has 1 heterocycles. The molecule has 0 radical (unpaired) electrons. The molecule has 1 fully saturated rings. The van der Waals surface area contributed by atoms with Crippen LogP contribution in [0.4, 0.5) is 0 Å². The molecule has 0 aromatic heterocycles. The Morgan fingerprint density at radius 3 is 2.53 bits per heavy atom. The Balaban J connectivity index is 2.83. The molecule has 0 saturated carbocycles. The third-order valence-electron chi connectivity index (χ3n) is 2.75. The van der Waals surface area contributed by atoms with E-state index in [1.54, 1.807) is 0 Å². The average Bonchev–Trinajstić information content (AvgIpc) is 2.34. The van der Waals surface area contributed by atoms with E-state index in [9.17, 15) is 15.0 Å². The summed E-state index contributed by atoms with van der Waals surface area (Å²) < 4.78 is 5.30. The third-order valence-corrected chi connectivity index (χ3v) is 2.75. The van der Waals surface area contributed by atoms with Crippen molar-refractivity contribution in [3.8, 4) is 0 Å². The van der Waals surface area contributed by atoms with Crippen LogP contribution in [0.2, 0.25) is 0 Å². The minimum atomic E-state index is -1.27. The quantitative estimate of drug-likeness (QED) is 0.312. The SMILES string of the molecule is C=CCN(C=O)C1OC(CO)C(O)C(O)C1N. The summed E-state index contributed by atoms with van der Waals surface area (Å²) >= 11 is 0. The standard InChI is InChI=1S/C10H18N2O5/c1-2-3-12(5-14)10-7(11)9(16)8(15)6(4-13)17-10/h2,5-10,13,15-16H,1,3-4,11H2. The van der Waals surface area contributed by atoms with Crippen LogP contribution >= 0.6 is 0 Å². The third kappa shape index (κ3) is 2.82. The van der Waals surface area contributed by atoms with Crippen molar-refractivity contribution in [1.82, 2.24) is 4.90 Å². The lowest BCUT2D eigenvalue weighted by Crippen LogP contribution is -2.66. The fourth-order valence-electron chi connectivity index (χ4n) is 1.77. The minimum Gasteiger partial charge on any atom is -0.394 e. The lowest BCUT2D eigenvalue weighted by Gasteiger charge is -2.43. The minimum absolute atomic E-state index is 0.197. The first-order valence-electron chi connectivity index (χ1n) is 5.26. The van der Waals surface area contributed by atoms with E-state index >= 15 is 0 Å². The van der Waals surface area contributed by atoms with Gasteiger partial charge in [-0.3, -0.25) is 4.79 Å². The number of carbonyl (C=O) groups is 1. The first kappa shape index (κ1) is 14.1. The van der Waals surface area contributed by atoms with Crippen molar-refractivity contribution in [3.63, 3.8) is 0 Å². The van der Waals surface area contributed by atoms with Crippen molar-refractivity contribution in [2.45, 2.75) is 30.6 Å². The molecule has 17 heavy (non-hydrogen) atoms. The van der Waals surface area contributed by atoms with Crippen molar-refractivity contribution in [3.05, 3.63) is 12.7 Å². The van der Waals surface area contributed by atoms with Crippen LogP contribution in [0.15, 0.2) is 12.7 Å². The molecule has 7 heteroatoms. The van der Waals surface area contributed by atoms with Gasteiger partial charge in [-0.1, -0.05) is 6.08 Å². The van der Waals surface area contributed by atoms with Crippen LogP contribution in [0.3, 0.4) is 0 Å². The number of carbonyl (C=O) groups excluding carboxylic acids is 1. The predicted octanol–water partition coefficient (Wildman–Crippen LogP) is -2.60. The Morgan fingerprint density at radius 2 is 2.06 bits per heavy atom. The second-order valence-corrected chi connectivity index (χ2v) is 3.90. The van der Waals surface area contributed by atoms with Gasteiger partial charge in [0.1, 0.15) is 18.3 Å². The van der Waals surface area contributed by atoms with Gasteiger partial charge in [-0.25, -0.2) is 0 Å². The van der Waals surface area contributed by atoms with Gasteiger partial charge in [0, 0.05) is 6.54 Å². The van der Waals surface area contributed by atoms with Crippen LogP contribution in [-0.4, -0.2) is 70.4 Å². The number of hydrogen-bond acceptors (Lipinski definition) is 6. The van der Waals surface area contributed by atoms with E-state index in [0.29, 0.717) is 6.41 Å². The Morgan fingerprint density at radius 1 is 1.41 bits per heavy atom. The van der Waals surface area contributed by atoms with Gasteiger partial charge in [-0.05, 0) is 0 Å². The maximum Gasteiger partial charge on any atom is 0.212 e. The molecular formula is C10H18N2O5. The molecule has 0 aromatic rings. The second kappa shape index (κ2) is 6.08. The van der Waals surface area contributed by atoms with E-state index in [0.717, 1.165) is 0 Å². The summed E-state index contributed by atoms with van der Waals surface area (Å²) in [5, 5.41) is 28.3. The zero-order valence-corrected chi connectivity index (χ0v) is 9.35. The van der Waals surface area contributed by atoms with E-state index in [1.165, 1.54) is 11.0 Å². The van der Waals surface area contributed by atoms with Crippen molar-refractivity contribution in [2.24, 2.45) is 5.73 Å². The van der Waals surface area contributed by atoms with Gasteiger partial charge >= 0.3 is 0 Å². The molecule has 1 aliphatic heterocycles. The van der Waals surface area contributed by atoms with Crippen LogP contribution in [-0.2, 0) is 9.53 Å². The van der Waals surface area contributed by atoms with Crippen LogP contribution in [0.25, 0.3) is 0 Å². The molecule has 0 spiro atoms. The van der Waals surface area contributed by atoms with Crippen molar-refractivity contribution < 1.29 is 24.9 Å².